The van der Waals surface area contributed by atoms with Gasteiger partial charge >= 0.3 is 11.6 Å². The van der Waals surface area contributed by atoms with Crippen LogP contribution < -0.4 is 5.63 Å². The van der Waals surface area contributed by atoms with Gasteiger partial charge in [0.25, 0.3) is 0 Å². The van der Waals surface area contributed by atoms with Crippen LogP contribution in [0.1, 0.15) is 35.5 Å². The highest BCUT2D eigenvalue weighted by atomic mass is 16.5. The molecule has 0 amide bonds. The van der Waals surface area contributed by atoms with E-state index in [1.165, 1.54) is 6.07 Å². The van der Waals surface area contributed by atoms with Crippen LogP contribution in [0.25, 0.3) is 0 Å². The number of carbonyl (C=O) groups excluding carboxylic acids is 1. The lowest BCUT2D eigenvalue weighted by Crippen LogP contribution is -2.15. The summed E-state index contributed by atoms with van der Waals surface area (Å²) in [6.07, 6.45) is 0. The number of hydrogen-bond donors (Lipinski definition) is 0. The van der Waals surface area contributed by atoms with Gasteiger partial charge in [0.15, 0.2) is 0 Å². The van der Waals surface area contributed by atoms with Gasteiger partial charge in [0.2, 0.25) is 0 Å². The van der Waals surface area contributed by atoms with E-state index in [-0.39, 0.29) is 5.92 Å². The highest BCUT2D eigenvalue weighted by Gasteiger charge is 2.16. The summed E-state index contributed by atoms with van der Waals surface area (Å²) in [7, 11) is 0. The molecule has 0 aliphatic carbocycles. The Morgan fingerprint density at radius 2 is 2.06 bits per heavy atom. The van der Waals surface area contributed by atoms with Crippen LogP contribution in [0.15, 0.2) is 15.3 Å². The maximum atomic E-state index is 11.7. The van der Waals surface area contributed by atoms with E-state index in [4.69, 9.17) is 9.15 Å². The molecule has 4 nitrogen and oxygen atoms in total. The molecule has 0 spiro atoms. The minimum Gasteiger partial charge on any atom is -0.462 e. The molecule has 0 aromatic carbocycles. The Balaban J connectivity index is 2.96. The molecule has 4 heteroatoms. The van der Waals surface area contributed by atoms with Gasteiger partial charge in [-0.05, 0) is 25.3 Å². The monoisotopic (exact) mass is 224 g/mol. The molecule has 1 aromatic heterocycles. The zero-order chi connectivity index (χ0) is 12.3. The molecule has 0 saturated heterocycles. The molecule has 0 bridgehead atoms. The van der Waals surface area contributed by atoms with Gasteiger partial charge in [0, 0.05) is 6.07 Å². The van der Waals surface area contributed by atoms with Crippen LogP contribution in [0, 0.1) is 19.8 Å². The summed E-state index contributed by atoms with van der Waals surface area (Å²) in [6.45, 7) is 7.54. The summed E-state index contributed by atoms with van der Waals surface area (Å²) in [5.74, 6) is 0.145. The number of aryl methyl sites for hydroxylation is 2. The predicted octanol–water partition coefficient (Wildman–Crippen LogP) is 2.07. The molecule has 0 aliphatic rings. The van der Waals surface area contributed by atoms with E-state index in [0.29, 0.717) is 23.5 Å². The lowest BCUT2D eigenvalue weighted by atomic mass is 10.1. The summed E-state index contributed by atoms with van der Waals surface area (Å²) < 4.78 is 9.95. The van der Waals surface area contributed by atoms with E-state index in [2.05, 4.69) is 0 Å². The lowest BCUT2D eigenvalue weighted by Gasteiger charge is -2.09. The molecule has 1 heterocycles. The SMILES string of the molecule is Cc1cc(=O)oc(C)c1C(=O)OCC(C)C. The van der Waals surface area contributed by atoms with Crippen LogP contribution in [0.3, 0.4) is 0 Å². The molecule has 0 fully saturated rings. The normalized spacial score (nSPS) is 10.6. The molecule has 1 aromatic rings. The van der Waals surface area contributed by atoms with Crippen molar-refractivity contribution in [1.82, 2.24) is 0 Å². The number of ether oxygens (including phenoxy) is 1. The van der Waals surface area contributed by atoms with Gasteiger partial charge in [-0.25, -0.2) is 9.59 Å². The molecule has 0 saturated carbocycles. The molecule has 1 rings (SSSR count). The van der Waals surface area contributed by atoms with Crippen molar-refractivity contribution in [3.63, 3.8) is 0 Å². The van der Waals surface area contributed by atoms with E-state index in [9.17, 15) is 9.59 Å². The Morgan fingerprint density at radius 1 is 1.44 bits per heavy atom. The fourth-order valence-electron chi connectivity index (χ4n) is 1.38. The Morgan fingerprint density at radius 3 is 2.56 bits per heavy atom. The smallest absolute Gasteiger partial charge is 0.341 e. The average molecular weight is 224 g/mol. The van der Waals surface area contributed by atoms with Crippen LogP contribution in [-0.2, 0) is 4.74 Å². The van der Waals surface area contributed by atoms with Gasteiger partial charge in [-0.2, -0.15) is 0 Å². The maximum Gasteiger partial charge on any atom is 0.341 e. The lowest BCUT2D eigenvalue weighted by molar-refractivity contribution is 0.0453. The molecular weight excluding hydrogens is 208 g/mol. The standard InChI is InChI=1S/C12H16O4/c1-7(2)6-15-12(14)11-8(3)5-10(13)16-9(11)4/h5,7H,6H2,1-4H3. The van der Waals surface area contributed by atoms with Crippen molar-refractivity contribution in [2.24, 2.45) is 5.92 Å². The van der Waals surface area contributed by atoms with Crippen molar-refractivity contribution >= 4 is 5.97 Å². The molecular formula is C12H16O4. The summed E-state index contributed by atoms with van der Waals surface area (Å²) in [5, 5.41) is 0. The highest BCUT2D eigenvalue weighted by Crippen LogP contribution is 2.12. The largest absolute Gasteiger partial charge is 0.462 e. The average Bonchev–Trinajstić information content (AvgIpc) is 2.12. The Kier molecular flexibility index (Phi) is 3.88. The third-order valence-electron chi connectivity index (χ3n) is 2.09. The number of hydrogen-bond acceptors (Lipinski definition) is 4. The van der Waals surface area contributed by atoms with Crippen molar-refractivity contribution < 1.29 is 13.9 Å². The van der Waals surface area contributed by atoms with Gasteiger partial charge in [-0.3, -0.25) is 0 Å². The van der Waals surface area contributed by atoms with Gasteiger partial charge in [-0.1, -0.05) is 13.8 Å². The second kappa shape index (κ2) is 4.96. The zero-order valence-corrected chi connectivity index (χ0v) is 9.99. The minimum atomic E-state index is -0.449. The number of esters is 1. The van der Waals surface area contributed by atoms with Crippen molar-refractivity contribution in [3.05, 3.63) is 33.4 Å². The Hall–Kier alpha value is -1.58. The summed E-state index contributed by atoms with van der Waals surface area (Å²) >= 11 is 0. The van der Waals surface area contributed by atoms with E-state index >= 15 is 0 Å². The minimum absolute atomic E-state index is 0.278. The van der Waals surface area contributed by atoms with Crippen LogP contribution in [0.2, 0.25) is 0 Å². The molecule has 88 valence electrons. The van der Waals surface area contributed by atoms with Crippen molar-refractivity contribution in [1.29, 1.82) is 0 Å². The molecule has 0 radical (unpaired) electrons. The molecule has 0 N–H and O–H groups in total. The van der Waals surface area contributed by atoms with E-state index in [1.807, 2.05) is 13.8 Å². The second-order valence-corrected chi connectivity index (χ2v) is 4.17. The first-order valence-electron chi connectivity index (χ1n) is 5.20. The first-order valence-corrected chi connectivity index (χ1v) is 5.20. The van der Waals surface area contributed by atoms with Gasteiger partial charge in [0.1, 0.15) is 11.3 Å². The van der Waals surface area contributed by atoms with Gasteiger partial charge < -0.3 is 9.15 Å². The van der Waals surface area contributed by atoms with E-state index in [1.54, 1.807) is 13.8 Å². The molecule has 0 unspecified atom stereocenters. The quantitative estimate of drug-likeness (QED) is 0.737. The maximum absolute atomic E-state index is 11.7. The topological polar surface area (TPSA) is 56.5 Å². The van der Waals surface area contributed by atoms with Crippen molar-refractivity contribution in [2.45, 2.75) is 27.7 Å². The first-order chi connectivity index (χ1) is 7.41. The second-order valence-electron chi connectivity index (χ2n) is 4.17. The number of carbonyl (C=O) groups is 1. The fourth-order valence-corrected chi connectivity index (χ4v) is 1.38. The Bertz CT molecular complexity index is 417. The van der Waals surface area contributed by atoms with Crippen LogP contribution in [-0.4, -0.2) is 12.6 Å². The van der Waals surface area contributed by atoms with Gasteiger partial charge in [0.05, 0.1) is 6.61 Å². The highest BCUT2D eigenvalue weighted by molar-refractivity contribution is 5.91. The summed E-state index contributed by atoms with van der Waals surface area (Å²) in [5.41, 5.74) is 0.484. The van der Waals surface area contributed by atoms with Crippen LogP contribution >= 0.6 is 0 Å². The molecule has 0 atom stereocenters. The van der Waals surface area contributed by atoms with Crippen molar-refractivity contribution in [3.8, 4) is 0 Å². The predicted molar refractivity (Wildman–Crippen MR) is 59.6 cm³/mol. The summed E-state index contributed by atoms with van der Waals surface area (Å²) in [6, 6.07) is 1.29. The van der Waals surface area contributed by atoms with Crippen LogP contribution in [0.4, 0.5) is 0 Å². The number of rotatable bonds is 3. The molecule has 0 aliphatic heterocycles. The Labute approximate surface area is 94.2 Å². The van der Waals surface area contributed by atoms with Gasteiger partial charge in [-0.15, -0.1) is 0 Å². The summed E-state index contributed by atoms with van der Waals surface area (Å²) in [4.78, 5) is 22.8. The van der Waals surface area contributed by atoms with E-state index in [0.717, 1.165) is 0 Å². The third kappa shape index (κ3) is 2.95. The zero-order valence-electron chi connectivity index (χ0n) is 9.99. The van der Waals surface area contributed by atoms with E-state index < -0.39 is 11.6 Å². The fraction of sp³-hybridized carbons (Fsp3) is 0.500. The first kappa shape index (κ1) is 12.5. The third-order valence-corrected chi connectivity index (χ3v) is 2.09. The van der Waals surface area contributed by atoms with Crippen molar-refractivity contribution in [2.75, 3.05) is 6.61 Å². The molecule has 16 heavy (non-hydrogen) atoms. The van der Waals surface area contributed by atoms with Crippen LogP contribution in [0.5, 0.6) is 0 Å².